The second kappa shape index (κ2) is 7.75. The zero-order valence-electron chi connectivity index (χ0n) is 14.3. The standard InChI is InChI=1S/C17H16N4O7/c18-9-17(21-7-6-12(20-26)19-16(21)25)14(23)13(22)11(28-17)8-27-15(24)10-4-2-1-3-5-10/h1-7,11,13-14,22-23,26H,8H2,(H,19,20,25)/t11-,13-,14-,17-/m1/s1. The molecule has 0 unspecified atom stereocenters. The highest BCUT2D eigenvalue weighted by atomic mass is 16.6. The Bertz CT molecular complexity index is 958. The summed E-state index contributed by atoms with van der Waals surface area (Å²) in [6.07, 6.45) is -3.66. The Kier molecular flexibility index (Phi) is 5.39. The molecule has 28 heavy (non-hydrogen) atoms. The van der Waals surface area contributed by atoms with Crippen molar-refractivity contribution in [1.82, 2.24) is 9.55 Å². The van der Waals surface area contributed by atoms with Crippen molar-refractivity contribution in [2.45, 2.75) is 24.0 Å². The molecular formula is C17H16N4O7. The molecule has 0 bridgehead atoms. The number of hydrogen-bond donors (Lipinski definition) is 4. The highest BCUT2D eigenvalue weighted by Crippen LogP contribution is 2.34. The maximum atomic E-state index is 12.2. The average Bonchev–Trinajstić information content (AvgIpc) is 2.97. The third-order valence-corrected chi connectivity index (χ3v) is 4.26. The van der Waals surface area contributed by atoms with Gasteiger partial charge in [0.25, 0.3) is 5.72 Å². The average molecular weight is 388 g/mol. The molecule has 11 nitrogen and oxygen atoms in total. The Labute approximate surface area is 158 Å². The maximum Gasteiger partial charge on any atom is 0.352 e. The maximum absolute atomic E-state index is 12.2. The number of rotatable bonds is 5. The predicted octanol–water partition coefficient (Wildman–Crippen LogP) is -0.802. The van der Waals surface area contributed by atoms with Crippen LogP contribution in [0.4, 0.5) is 5.82 Å². The highest BCUT2D eigenvalue weighted by molar-refractivity contribution is 5.89. The Hall–Kier alpha value is -3.30. The molecule has 0 amide bonds. The molecule has 4 N–H and O–H groups in total. The van der Waals surface area contributed by atoms with Crippen LogP contribution < -0.4 is 11.2 Å². The molecule has 2 heterocycles. The van der Waals surface area contributed by atoms with E-state index in [0.717, 1.165) is 12.3 Å². The molecule has 1 fully saturated rings. The number of nitrogens with zero attached hydrogens (tertiary/aromatic N) is 3. The van der Waals surface area contributed by atoms with Crippen LogP contribution in [0.1, 0.15) is 10.4 Å². The molecule has 1 aliphatic heterocycles. The van der Waals surface area contributed by atoms with Gasteiger partial charge in [-0.15, -0.1) is 0 Å². The third kappa shape index (κ3) is 3.32. The number of esters is 1. The third-order valence-electron chi connectivity index (χ3n) is 4.26. The monoisotopic (exact) mass is 388 g/mol. The van der Waals surface area contributed by atoms with Crippen LogP contribution in [0.25, 0.3) is 0 Å². The van der Waals surface area contributed by atoms with Gasteiger partial charge in [-0.1, -0.05) is 18.2 Å². The van der Waals surface area contributed by atoms with Crippen LogP contribution in [0, 0.1) is 11.3 Å². The van der Waals surface area contributed by atoms with Gasteiger partial charge in [0.15, 0.2) is 5.82 Å². The van der Waals surface area contributed by atoms with Crippen molar-refractivity contribution in [3.05, 3.63) is 58.6 Å². The van der Waals surface area contributed by atoms with Gasteiger partial charge in [-0.2, -0.15) is 10.2 Å². The van der Waals surface area contributed by atoms with E-state index in [9.17, 15) is 25.1 Å². The van der Waals surface area contributed by atoms with E-state index >= 15 is 0 Å². The first-order valence-electron chi connectivity index (χ1n) is 8.10. The van der Waals surface area contributed by atoms with Crippen LogP contribution >= 0.6 is 0 Å². The number of aliphatic hydroxyl groups excluding tert-OH is 2. The van der Waals surface area contributed by atoms with E-state index in [4.69, 9.17) is 14.7 Å². The molecule has 4 atom stereocenters. The number of carbonyl (C=O) groups excluding carboxylic acids is 1. The van der Waals surface area contributed by atoms with E-state index in [1.165, 1.54) is 12.1 Å². The smallest absolute Gasteiger partial charge is 0.352 e. The Balaban J connectivity index is 1.81. The minimum atomic E-state index is -2.29. The van der Waals surface area contributed by atoms with Crippen molar-refractivity contribution in [2.75, 3.05) is 12.1 Å². The summed E-state index contributed by atoms with van der Waals surface area (Å²) in [5.74, 6) is -0.867. The lowest BCUT2D eigenvalue weighted by molar-refractivity contribution is -0.110. The zero-order chi connectivity index (χ0) is 20.3. The van der Waals surface area contributed by atoms with E-state index in [2.05, 4.69) is 4.98 Å². The van der Waals surface area contributed by atoms with E-state index in [0.29, 0.717) is 4.57 Å². The Morgan fingerprint density at radius 1 is 1.36 bits per heavy atom. The Morgan fingerprint density at radius 2 is 2.07 bits per heavy atom. The van der Waals surface area contributed by atoms with Gasteiger partial charge < -0.3 is 19.7 Å². The number of nitrogens with one attached hydrogen (secondary N) is 1. The lowest BCUT2D eigenvalue weighted by atomic mass is 10.0. The summed E-state index contributed by atoms with van der Waals surface area (Å²) in [5, 5.41) is 39.0. The molecule has 3 rings (SSSR count). The molecule has 1 aromatic carbocycles. The summed E-state index contributed by atoms with van der Waals surface area (Å²) in [6, 6.07) is 10.9. The topological polar surface area (TPSA) is 167 Å². The van der Waals surface area contributed by atoms with Crippen molar-refractivity contribution < 1.29 is 29.7 Å². The predicted molar refractivity (Wildman–Crippen MR) is 91.1 cm³/mol. The molecule has 1 aromatic heterocycles. The van der Waals surface area contributed by atoms with Gasteiger partial charge in [-0.05, 0) is 18.2 Å². The molecule has 0 aliphatic carbocycles. The lowest BCUT2D eigenvalue weighted by Gasteiger charge is -2.26. The largest absolute Gasteiger partial charge is 0.459 e. The van der Waals surface area contributed by atoms with E-state index < -0.39 is 42.3 Å². The van der Waals surface area contributed by atoms with Crippen molar-refractivity contribution in [3.8, 4) is 6.07 Å². The summed E-state index contributed by atoms with van der Waals surface area (Å²) in [7, 11) is 0. The fraction of sp³-hybridized carbons (Fsp3) is 0.294. The summed E-state index contributed by atoms with van der Waals surface area (Å²) in [6.45, 7) is -0.464. The number of carbonyl (C=O) groups is 1. The van der Waals surface area contributed by atoms with Gasteiger partial charge in [-0.25, -0.2) is 9.59 Å². The second-order valence-corrected chi connectivity index (χ2v) is 5.94. The zero-order valence-corrected chi connectivity index (χ0v) is 14.3. The van der Waals surface area contributed by atoms with Gasteiger partial charge in [0.05, 0.1) is 5.56 Å². The number of hydrogen-bond acceptors (Lipinski definition) is 10. The molecule has 0 saturated carbocycles. The van der Waals surface area contributed by atoms with Gasteiger partial charge in [0.2, 0.25) is 0 Å². The molecule has 11 heteroatoms. The number of nitriles is 1. The number of aromatic nitrogens is 2. The summed E-state index contributed by atoms with van der Waals surface area (Å²) >= 11 is 0. The molecule has 2 aromatic rings. The number of benzene rings is 1. The summed E-state index contributed by atoms with van der Waals surface area (Å²) < 4.78 is 11.2. The first kappa shape index (κ1) is 19.5. The van der Waals surface area contributed by atoms with Crippen molar-refractivity contribution in [2.24, 2.45) is 0 Å². The van der Waals surface area contributed by atoms with Gasteiger partial charge in [0, 0.05) is 6.20 Å². The molecule has 1 saturated heterocycles. The minimum absolute atomic E-state index is 0.185. The quantitative estimate of drug-likeness (QED) is 0.376. The molecule has 0 radical (unpaired) electrons. The van der Waals surface area contributed by atoms with E-state index in [-0.39, 0.29) is 11.4 Å². The SMILES string of the molecule is N#C[C@@]1(n2ccc(NO)nc2=O)O[C@H](COC(=O)c2ccccc2)[C@@H](O)[C@H]1O. The van der Waals surface area contributed by atoms with Crippen LogP contribution in [0.15, 0.2) is 47.4 Å². The van der Waals surface area contributed by atoms with Crippen LogP contribution in [0.3, 0.4) is 0 Å². The van der Waals surface area contributed by atoms with Gasteiger partial charge in [-0.3, -0.25) is 15.3 Å². The number of anilines is 1. The van der Waals surface area contributed by atoms with Crippen LogP contribution in [-0.4, -0.2) is 55.9 Å². The van der Waals surface area contributed by atoms with Crippen LogP contribution in [-0.2, 0) is 15.2 Å². The van der Waals surface area contributed by atoms with Gasteiger partial charge in [0.1, 0.15) is 31.0 Å². The number of ether oxygens (including phenoxy) is 2. The first-order chi connectivity index (χ1) is 13.4. The first-order valence-corrected chi connectivity index (χ1v) is 8.10. The van der Waals surface area contributed by atoms with Crippen LogP contribution in [0.2, 0.25) is 0 Å². The molecule has 0 spiro atoms. The highest BCUT2D eigenvalue weighted by Gasteiger charge is 2.57. The second-order valence-electron chi connectivity index (χ2n) is 5.94. The normalized spacial score (nSPS) is 26.4. The van der Waals surface area contributed by atoms with Crippen molar-refractivity contribution in [1.29, 1.82) is 5.26 Å². The number of aliphatic hydroxyl groups is 2. The Morgan fingerprint density at radius 3 is 2.68 bits per heavy atom. The fourth-order valence-electron chi connectivity index (χ4n) is 2.82. The molecule has 1 aliphatic rings. The van der Waals surface area contributed by atoms with Gasteiger partial charge >= 0.3 is 11.7 Å². The fourth-order valence-corrected chi connectivity index (χ4v) is 2.82. The van der Waals surface area contributed by atoms with E-state index in [1.807, 2.05) is 0 Å². The minimum Gasteiger partial charge on any atom is -0.459 e. The lowest BCUT2D eigenvalue weighted by Crippen LogP contribution is -2.49. The van der Waals surface area contributed by atoms with Crippen LogP contribution in [0.5, 0.6) is 0 Å². The van der Waals surface area contributed by atoms with Crippen molar-refractivity contribution >= 4 is 11.8 Å². The van der Waals surface area contributed by atoms with E-state index in [1.54, 1.807) is 29.7 Å². The molecular weight excluding hydrogens is 372 g/mol. The summed E-state index contributed by atoms with van der Waals surface area (Å²) in [4.78, 5) is 27.6. The van der Waals surface area contributed by atoms with Crippen molar-refractivity contribution in [3.63, 3.8) is 0 Å². The summed E-state index contributed by atoms with van der Waals surface area (Å²) in [5.41, 5.74) is -1.36. The molecule has 146 valence electrons.